The summed E-state index contributed by atoms with van der Waals surface area (Å²) in [6.07, 6.45) is 1.80. The van der Waals surface area contributed by atoms with E-state index in [1.165, 1.54) is 12.1 Å². The summed E-state index contributed by atoms with van der Waals surface area (Å²) >= 11 is 4.79. The zero-order valence-corrected chi connectivity index (χ0v) is 12.7. The Bertz CT molecular complexity index is 702. The van der Waals surface area contributed by atoms with Gasteiger partial charge >= 0.3 is 0 Å². The SMILES string of the molecule is Fc1cccc(F)c1C=NNC(=S)NN=Cc1c(F)cccc1F. The van der Waals surface area contributed by atoms with Crippen LogP contribution in [0.5, 0.6) is 0 Å². The Labute approximate surface area is 139 Å². The molecule has 0 spiro atoms. The van der Waals surface area contributed by atoms with Crippen molar-refractivity contribution in [3.05, 3.63) is 70.8 Å². The van der Waals surface area contributed by atoms with Gasteiger partial charge in [0, 0.05) is 0 Å². The molecule has 9 heteroatoms. The van der Waals surface area contributed by atoms with Crippen LogP contribution in [0.2, 0.25) is 0 Å². The Morgan fingerprint density at radius 1 is 0.750 bits per heavy atom. The first kappa shape index (κ1) is 17.5. The van der Waals surface area contributed by atoms with Crippen LogP contribution in [0.25, 0.3) is 0 Å². The maximum absolute atomic E-state index is 13.3. The Morgan fingerprint density at radius 2 is 1.08 bits per heavy atom. The fraction of sp³-hybridized carbons (Fsp3) is 0. The average molecular weight is 354 g/mol. The predicted octanol–water partition coefficient (Wildman–Crippen LogP) is 3.08. The Hall–Kier alpha value is -2.81. The van der Waals surface area contributed by atoms with Gasteiger partial charge in [0.15, 0.2) is 0 Å². The highest BCUT2D eigenvalue weighted by Crippen LogP contribution is 2.09. The maximum atomic E-state index is 13.3. The lowest BCUT2D eigenvalue weighted by atomic mass is 10.2. The second-order valence-corrected chi connectivity index (χ2v) is 4.75. The highest BCUT2D eigenvalue weighted by molar-refractivity contribution is 7.80. The lowest BCUT2D eigenvalue weighted by Gasteiger charge is -2.02. The summed E-state index contributed by atoms with van der Waals surface area (Å²) in [7, 11) is 0. The smallest absolute Gasteiger partial charge is 0.207 e. The fourth-order valence-electron chi connectivity index (χ4n) is 1.60. The van der Waals surface area contributed by atoms with Crippen LogP contribution >= 0.6 is 12.2 Å². The zero-order chi connectivity index (χ0) is 17.5. The third kappa shape index (κ3) is 4.59. The lowest BCUT2D eigenvalue weighted by molar-refractivity contribution is 0.579. The third-order valence-corrected chi connectivity index (χ3v) is 2.90. The van der Waals surface area contributed by atoms with Gasteiger partial charge in [-0.3, -0.25) is 10.9 Å². The van der Waals surface area contributed by atoms with E-state index in [1.54, 1.807) is 0 Å². The molecular formula is C15H10F4N4S. The molecular weight excluding hydrogens is 344 g/mol. The number of hydrogen-bond acceptors (Lipinski definition) is 3. The van der Waals surface area contributed by atoms with Crippen LogP contribution in [0.4, 0.5) is 17.6 Å². The van der Waals surface area contributed by atoms with E-state index in [0.717, 1.165) is 36.7 Å². The van der Waals surface area contributed by atoms with Crippen molar-refractivity contribution in [3.63, 3.8) is 0 Å². The van der Waals surface area contributed by atoms with Gasteiger partial charge in [0.25, 0.3) is 0 Å². The first-order valence-corrected chi connectivity index (χ1v) is 6.90. The van der Waals surface area contributed by atoms with Crippen molar-refractivity contribution in [3.8, 4) is 0 Å². The molecule has 0 heterocycles. The minimum Gasteiger partial charge on any atom is -0.252 e. The molecule has 0 atom stereocenters. The Kier molecular flexibility index (Phi) is 5.96. The number of nitrogens with zero attached hydrogens (tertiary/aromatic N) is 2. The van der Waals surface area contributed by atoms with Gasteiger partial charge in [0.05, 0.1) is 23.6 Å². The topological polar surface area (TPSA) is 48.8 Å². The van der Waals surface area contributed by atoms with E-state index in [1.807, 2.05) is 0 Å². The molecule has 0 bridgehead atoms. The van der Waals surface area contributed by atoms with Gasteiger partial charge in [-0.15, -0.1) is 0 Å². The van der Waals surface area contributed by atoms with Crippen LogP contribution < -0.4 is 10.9 Å². The lowest BCUT2D eigenvalue weighted by Crippen LogP contribution is -2.28. The van der Waals surface area contributed by atoms with E-state index in [0.29, 0.717) is 0 Å². The van der Waals surface area contributed by atoms with Crippen molar-refractivity contribution >= 4 is 29.8 Å². The molecule has 0 fully saturated rings. The van der Waals surface area contributed by atoms with Crippen LogP contribution in [0, 0.1) is 23.3 Å². The van der Waals surface area contributed by atoms with Crippen LogP contribution in [-0.4, -0.2) is 17.5 Å². The number of hydrogen-bond donors (Lipinski definition) is 2. The van der Waals surface area contributed by atoms with Crippen molar-refractivity contribution < 1.29 is 17.6 Å². The summed E-state index contributed by atoms with van der Waals surface area (Å²) in [5.41, 5.74) is 3.83. The van der Waals surface area contributed by atoms with E-state index < -0.39 is 23.3 Å². The molecule has 2 aromatic carbocycles. The molecule has 0 saturated carbocycles. The van der Waals surface area contributed by atoms with Crippen LogP contribution in [0.15, 0.2) is 46.6 Å². The van der Waals surface area contributed by atoms with Gasteiger partial charge < -0.3 is 0 Å². The van der Waals surface area contributed by atoms with Crippen molar-refractivity contribution in [1.82, 2.24) is 10.9 Å². The molecule has 124 valence electrons. The second-order valence-electron chi connectivity index (χ2n) is 4.34. The van der Waals surface area contributed by atoms with Crippen LogP contribution in [0.3, 0.4) is 0 Å². The average Bonchev–Trinajstić information content (AvgIpc) is 2.53. The monoisotopic (exact) mass is 354 g/mol. The van der Waals surface area contributed by atoms with Crippen LogP contribution in [0.1, 0.15) is 11.1 Å². The molecule has 0 radical (unpaired) electrons. The molecule has 2 N–H and O–H groups in total. The summed E-state index contributed by atoms with van der Waals surface area (Å²) < 4.78 is 53.4. The number of thiocarbonyl (C=S) groups is 1. The Balaban J connectivity index is 1.92. The molecule has 0 aliphatic heterocycles. The van der Waals surface area contributed by atoms with Crippen molar-refractivity contribution in [1.29, 1.82) is 0 Å². The van der Waals surface area contributed by atoms with Crippen molar-refractivity contribution in [2.75, 3.05) is 0 Å². The molecule has 2 aromatic rings. The molecule has 2 rings (SSSR count). The number of nitrogens with one attached hydrogen (secondary N) is 2. The molecule has 0 aliphatic carbocycles. The summed E-state index contributed by atoms with van der Waals surface area (Å²) in [5, 5.41) is 6.94. The molecule has 0 saturated heterocycles. The minimum absolute atomic E-state index is 0.143. The molecule has 0 aromatic heterocycles. The van der Waals surface area contributed by atoms with E-state index in [2.05, 4.69) is 21.1 Å². The molecule has 4 nitrogen and oxygen atoms in total. The highest BCUT2D eigenvalue weighted by atomic mass is 32.1. The minimum atomic E-state index is -0.785. The van der Waals surface area contributed by atoms with Gasteiger partial charge in [-0.1, -0.05) is 12.1 Å². The zero-order valence-electron chi connectivity index (χ0n) is 11.9. The molecule has 0 unspecified atom stereocenters. The third-order valence-electron chi connectivity index (χ3n) is 2.72. The molecule has 24 heavy (non-hydrogen) atoms. The molecule has 0 amide bonds. The quantitative estimate of drug-likeness (QED) is 0.384. The van der Waals surface area contributed by atoms with E-state index in [9.17, 15) is 17.6 Å². The highest BCUT2D eigenvalue weighted by Gasteiger charge is 2.06. The fourth-order valence-corrected chi connectivity index (χ4v) is 1.71. The van der Waals surface area contributed by atoms with Crippen molar-refractivity contribution in [2.24, 2.45) is 10.2 Å². The van der Waals surface area contributed by atoms with Crippen LogP contribution in [-0.2, 0) is 0 Å². The number of benzene rings is 2. The predicted molar refractivity (Wildman–Crippen MR) is 86.8 cm³/mol. The van der Waals surface area contributed by atoms with E-state index >= 15 is 0 Å². The summed E-state index contributed by atoms with van der Waals surface area (Å²) in [5.74, 6) is -3.14. The van der Waals surface area contributed by atoms with E-state index in [4.69, 9.17) is 12.2 Å². The van der Waals surface area contributed by atoms with Gasteiger partial charge in [-0.05, 0) is 36.5 Å². The van der Waals surface area contributed by atoms with Crippen molar-refractivity contribution in [2.45, 2.75) is 0 Å². The van der Waals surface area contributed by atoms with Gasteiger partial charge in [-0.25, -0.2) is 17.6 Å². The molecule has 0 aliphatic rings. The first-order chi connectivity index (χ1) is 11.5. The summed E-state index contributed by atoms with van der Waals surface area (Å²) in [4.78, 5) is 0. The summed E-state index contributed by atoms with van der Waals surface area (Å²) in [6, 6.07) is 6.75. The summed E-state index contributed by atoms with van der Waals surface area (Å²) in [6.45, 7) is 0. The number of rotatable bonds is 4. The normalized spacial score (nSPS) is 11.2. The van der Waals surface area contributed by atoms with Gasteiger partial charge in [0.1, 0.15) is 23.3 Å². The van der Waals surface area contributed by atoms with Gasteiger partial charge in [0.2, 0.25) is 5.11 Å². The second kappa shape index (κ2) is 8.16. The number of halogens is 4. The van der Waals surface area contributed by atoms with E-state index in [-0.39, 0.29) is 16.2 Å². The maximum Gasteiger partial charge on any atom is 0.207 e. The van der Waals surface area contributed by atoms with Gasteiger partial charge in [-0.2, -0.15) is 10.2 Å². The largest absolute Gasteiger partial charge is 0.252 e. The standard InChI is InChI=1S/C15H10F4N4S/c16-11-3-1-4-12(17)9(11)7-20-22-15(24)23-21-8-10-13(18)5-2-6-14(10)19/h1-8H,(H2,22,23,24). The number of hydrazone groups is 2. The Morgan fingerprint density at radius 3 is 1.42 bits per heavy atom. The first-order valence-electron chi connectivity index (χ1n) is 6.49.